The lowest BCUT2D eigenvalue weighted by Crippen LogP contribution is -2.41. The molecule has 1 amide bonds. The zero-order chi connectivity index (χ0) is 35.8. The topological polar surface area (TPSA) is 71.5 Å². The van der Waals surface area contributed by atoms with Crippen molar-refractivity contribution in [2.75, 3.05) is 13.1 Å². The summed E-state index contributed by atoms with van der Waals surface area (Å²) in [5.74, 6) is -13.1. The van der Waals surface area contributed by atoms with Crippen LogP contribution in [-0.4, -0.2) is 39.5 Å². The van der Waals surface area contributed by atoms with Crippen LogP contribution >= 0.6 is 11.9 Å². The Bertz CT molecular complexity index is 1680. The van der Waals surface area contributed by atoms with Gasteiger partial charge in [0, 0.05) is 34.6 Å². The van der Waals surface area contributed by atoms with Crippen LogP contribution in [0.25, 0.3) is 0 Å². The number of ether oxygens (including phenoxy) is 2. The maximum absolute atomic E-state index is 14.0. The number of amides is 1. The van der Waals surface area contributed by atoms with E-state index in [9.17, 15) is 45.1 Å². The van der Waals surface area contributed by atoms with Gasteiger partial charge in [-0.25, -0.2) is 18.0 Å². The van der Waals surface area contributed by atoms with Crippen molar-refractivity contribution in [3.05, 3.63) is 87.7 Å². The fraction of sp³-hybridized carbons (Fsp3) is 0.424. The van der Waals surface area contributed by atoms with E-state index in [-0.39, 0.29) is 34.3 Å². The van der Waals surface area contributed by atoms with Crippen LogP contribution in [0.4, 0.5) is 39.9 Å². The highest BCUT2D eigenvalue weighted by molar-refractivity contribution is 7.96. The van der Waals surface area contributed by atoms with E-state index in [0.29, 0.717) is 55.2 Å². The number of piperidine rings is 1. The quantitative estimate of drug-likeness (QED) is 0.0857. The van der Waals surface area contributed by atoms with Crippen molar-refractivity contribution < 1.29 is 59.4 Å². The van der Waals surface area contributed by atoms with Gasteiger partial charge >= 0.3 is 12.3 Å². The second kappa shape index (κ2) is 14.2. The van der Waals surface area contributed by atoms with Gasteiger partial charge in [0.2, 0.25) is 34.8 Å². The average Bonchev–Trinajstić information content (AvgIpc) is 3.04. The summed E-state index contributed by atoms with van der Waals surface area (Å²) in [4.78, 5) is 18.9. The van der Waals surface area contributed by atoms with E-state index in [0.717, 1.165) is 17.7 Å². The van der Waals surface area contributed by atoms with Gasteiger partial charge in [-0.05, 0) is 106 Å². The Morgan fingerprint density at radius 2 is 1.51 bits per heavy atom. The Kier molecular flexibility index (Phi) is 10.6. The van der Waals surface area contributed by atoms with Gasteiger partial charge in [-0.15, -0.1) is 0 Å². The van der Waals surface area contributed by atoms with Crippen molar-refractivity contribution in [3.63, 3.8) is 0 Å². The molecule has 0 bridgehead atoms. The van der Waals surface area contributed by atoms with Crippen molar-refractivity contribution in [3.8, 4) is 11.5 Å². The lowest BCUT2D eigenvalue weighted by molar-refractivity contribution is -0.194. The summed E-state index contributed by atoms with van der Waals surface area (Å²) in [7, 11) is 0. The van der Waals surface area contributed by atoms with Crippen LogP contribution in [0.3, 0.4) is 0 Å². The summed E-state index contributed by atoms with van der Waals surface area (Å²) < 4.78 is 121. The molecule has 0 aromatic heterocycles. The smallest absolute Gasteiger partial charge is 0.416 e. The van der Waals surface area contributed by atoms with Crippen LogP contribution in [-0.2, 0) is 17.3 Å². The molecule has 1 unspecified atom stereocenters. The molecule has 0 saturated carbocycles. The third-order valence-electron chi connectivity index (χ3n) is 8.09. The largest absolute Gasteiger partial charge is 0.485 e. The number of fused-ring (bicyclic) bond motifs is 1. The molecule has 1 fully saturated rings. The van der Waals surface area contributed by atoms with Gasteiger partial charge < -0.3 is 19.2 Å². The molecule has 5 rings (SSSR count). The van der Waals surface area contributed by atoms with E-state index < -0.39 is 64.4 Å². The summed E-state index contributed by atoms with van der Waals surface area (Å²) >= 11 is 0.390. The normalized spacial score (nSPS) is 17.2. The van der Waals surface area contributed by atoms with Gasteiger partial charge in [0.15, 0.2) is 0 Å². The van der Waals surface area contributed by atoms with E-state index in [4.69, 9.17) is 9.47 Å². The highest BCUT2D eigenvalue weighted by Crippen LogP contribution is 2.43. The SMILES string of the molecule is CC(C)(C)OC(=O)N1CCC(c2cc(C(F)(F)F)ccc2OC2CCCc3cc(SN(O)Oc4c(F)c(F)c(F)c(F)c4F)ccc32)CC1. The Morgan fingerprint density at radius 3 is 2.12 bits per heavy atom. The molecule has 7 nitrogen and oxygen atoms in total. The fourth-order valence-corrected chi connectivity index (χ4v) is 6.40. The van der Waals surface area contributed by atoms with Crippen LogP contribution in [0, 0.1) is 29.1 Å². The van der Waals surface area contributed by atoms with Gasteiger partial charge in [-0.1, -0.05) is 6.07 Å². The van der Waals surface area contributed by atoms with Crippen molar-refractivity contribution in [2.24, 2.45) is 0 Å². The van der Waals surface area contributed by atoms with E-state index >= 15 is 0 Å². The molecule has 49 heavy (non-hydrogen) atoms. The molecule has 1 aliphatic carbocycles. The van der Waals surface area contributed by atoms with Crippen molar-refractivity contribution in [1.29, 1.82) is 0 Å². The van der Waals surface area contributed by atoms with Crippen molar-refractivity contribution in [1.82, 2.24) is 9.53 Å². The van der Waals surface area contributed by atoms with Crippen LogP contribution in [0.2, 0.25) is 0 Å². The minimum atomic E-state index is -4.59. The molecule has 2 aliphatic rings. The first-order valence-electron chi connectivity index (χ1n) is 15.3. The maximum Gasteiger partial charge on any atom is 0.416 e. The number of hydrogen-bond acceptors (Lipinski definition) is 7. The Labute approximate surface area is 280 Å². The third-order valence-corrected chi connectivity index (χ3v) is 8.78. The maximum atomic E-state index is 14.0. The second-order valence-electron chi connectivity index (χ2n) is 12.7. The molecule has 3 aromatic rings. The Morgan fingerprint density at radius 1 is 0.878 bits per heavy atom. The van der Waals surface area contributed by atoms with Gasteiger partial charge in [-0.2, -0.15) is 22.0 Å². The average molecular weight is 721 g/mol. The minimum absolute atomic E-state index is 0.153. The number of alkyl halides is 3. The summed E-state index contributed by atoms with van der Waals surface area (Å²) in [6.45, 7) is 5.82. The first kappa shape index (κ1) is 36.5. The molecular weight excluding hydrogens is 688 g/mol. The molecule has 0 spiro atoms. The molecular formula is C33H32F8N2O5S. The van der Waals surface area contributed by atoms with E-state index in [1.54, 1.807) is 32.9 Å². The molecule has 16 heteroatoms. The standard InChI is InChI=1S/C33H32F8N2O5S/c1-32(2,3)47-31(44)42-13-11-17(12-14-42)22-16-19(33(39,40)41)7-10-24(22)46-23-6-4-5-18-15-20(8-9-21(18)23)49-43(45)48-30-28(37)26(35)25(34)27(36)29(30)38/h7-10,15-17,23,45H,4-6,11-14H2,1-3H3. The lowest BCUT2D eigenvalue weighted by Gasteiger charge is -2.35. The van der Waals surface area contributed by atoms with Crippen LogP contribution in [0.1, 0.15) is 80.7 Å². The Hall–Kier alpha value is -3.76. The minimum Gasteiger partial charge on any atom is -0.485 e. The highest BCUT2D eigenvalue weighted by Gasteiger charge is 2.35. The highest BCUT2D eigenvalue weighted by atomic mass is 32.2. The number of hydrogen-bond donors (Lipinski definition) is 1. The van der Waals surface area contributed by atoms with Gasteiger partial charge in [0.05, 0.1) is 5.56 Å². The predicted octanol–water partition coefficient (Wildman–Crippen LogP) is 9.66. The van der Waals surface area contributed by atoms with Gasteiger partial charge in [0.1, 0.15) is 17.5 Å². The van der Waals surface area contributed by atoms with Crippen molar-refractivity contribution >= 4 is 18.0 Å². The number of benzene rings is 3. The molecule has 1 aliphatic heterocycles. The number of halogens is 8. The van der Waals surface area contributed by atoms with Gasteiger partial charge in [0.25, 0.3) is 0 Å². The molecule has 0 radical (unpaired) electrons. The molecule has 3 aromatic carbocycles. The monoisotopic (exact) mass is 720 g/mol. The molecule has 1 atom stereocenters. The van der Waals surface area contributed by atoms with Crippen LogP contribution in [0.5, 0.6) is 11.5 Å². The molecule has 1 N–H and O–H groups in total. The van der Waals surface area contributed by atoms with Crippen molar-refractivity contribution in [2.45, 2.75) is 81.6 Å². The molecule has 1 heterocycles. The number of carbonyl (C=O) groups excluding carboxylic acids is 1. The van der Waals surface area contributed by atoms with Gasteiger partial charge in [-0.3, -0.25) is 5.21 Å². The predicted molar refractivity (Wildman–Crippen MR) is 160 cm³/mol. The summed E-state index contributed by atoms with van der Waals surface area (Å²) in [5, 5.41) is 10.1. The van der Waals surface area contributed by atoms with E-state index in [1.807, 2.05) is 0 Å². The second-order valence-corrected chi connectivity index (χ2v) is 13.6. The number of aryl methyl sites for hydroxylation is 1. The number of likely N-dealkylation sites (tertiary alicyclic amines) is 1. The van der Waals surface area contributed by atoms with Crippen LogP contribution in [0.15, 0.2) is 41.3 Å². The van der Waals surface area contributed by atoms with Crippen LogP contribution < -0.4 is 9.57 Å². The van der Waals surface area contributed by atoms with E-state index in [1.165, 1.54) is 17.0 Å². The number of rotatable bonds is 7. The summed E-state index contributed by atoms with van der Waals surface area (Å²) in [6.07, 6.45) is -3.14. The van der Waals surface area contributed by atoms with E-state index in [2.05, 4.69) is 4.84 Å². The number of nitrogens with zero attached hydrogens (tertiary/aromatic N) is 2. The first-order valence-corrected chi connectivity index (χ1v) is 16.0. The molecule has 266 valence electrons. The Balaban J connectivity index is 1.32. The summed E-state index contributed by atoms with van der Waals surface area (Å²) in [5.41, 5.74) is 0.314. The number of carbonyl (C=O) groups is 1. The zero-order valence-corrected chi connectivity index (χ0v) is 27.3. The fourth-order valence-electron chi connectivity index (χ4n) is 5.78. The third kappa shape index (κ3) is 8.35. The zero-order valence-electron chi connectivity index (χ0n) is 26.5. The first-order chi connectivity index (χ1) is 22.9. The molecule has 1 saturated heterocycles. The summed E-state index contributed by atoms with van der Waals surface area (Å²) in [6, 6.07) is 8.11. The lowest BCUT2D eigenvalue weighted by atomic mass is 9.87.